The van der Waals surface area contributed by atoms with E-state index in [2.05, 4.69) is 103 Å². The molecular formula is C51H31N3O2. The third-order valence-corrected chi connectivity index (χ3v) is 10.6. The lowest BCUT2D eigenvalue weighted by Crippen LogP contribution is -2.02. The summed E-state index contributed by atoms with van der Waals surface area (Å²) in [6.45, 7) is 0. The van der Waals surface area contributed by atoms with Gasteiger partial charge in [-0.15, -0.1) is 0 Å². The maximum atomic E-state index is 6.69. The number of para-hydroxylation sites is 4. The molecule has 0 aliphatic carbocycles. The Morgan fingerprint density at radius 1 is 0.286 bits per heavy atom. The summed E-state index contributed by atoms with van der Waals surface area (Å²) in [6, 6.07) is 64.5. The molecule has 8 aromatic carbocycles. The van der Waals surface area contributed by atoms with Crippen LogP contribution in [-0.4, -0.2) is 15.0 Å². The standard InChI is InChI=1S/C51H31N3O2/c1-4-16-32(17-5-1)35-30-42(40-26-14-24-38-36-22-10-12-28-44(36)55-47(38)40)46(33-18-6-2-7-19-33)43(31-35)51-53-49(34-20-8-3-9-21-34)52-50(54-51)41-27-15-25-39-37-23-11-13-29-45(37)56-48(39)41/h1-31H. The van der Waals surface area contributed by atoms with Crippen LogP contribution in [0.5, 0.6) is 0 Å². The fourth-order valence-electron chi connectivity index (χ4n) is 7.96. The zero-order valence-corrected chi connectivity index (χ0v) is 30.1. The van der Waals surface area contributed by atoms with Crippen molar-refractivity contribution >= 4 is 43.9 Å². The van der Waals surface area contributed by atoms with E-state index in [1.165, 1.54) is 0 Å². The normalized spacial score (nSPS) is 11.6. The quantitative estimate of drug-likeness (QED) is 0.171. The van der Waals surface area contributed by atoms with Gasteiger partial charge in [-0.05, 0) is 52.6 Å². The highest BCUT2D eigenvalue weighted by Crippen LogP contribution is 2.46. The number of hydrogen-bond acceptors (Lipinski definition) is 5. The van der Waals surface area contributed by atoms with Gasteiger partial charge < -0.3 is 8.83 Å². The highest BCUT2D eigenvalue weighted by Gasteiger charge is 2.24. The Morgan fingerprint density at radius 3 is 1.36 bits per heavy atom. The van der Waals surface area contributed by atoms with Crippen LogP contribution in [0.1, 0.15) is 0 Å². The van der Waals surface area contributed by atoms with Crippen molar-refractivity contribution in [3.63, 3.8) is 0 Å². The minimum atomic E-state index is 0.531. The topological polar surface area (TPSA) is 65.0 Å². The molecule has 56 heavy (non-hydrogen) atoms. The molecule has 262 valence electrons. The summed E-state index contributed by atoms with van der Waals surface area (Å²) >= 11 is 0. The third kappa shape index (κ3) is 5.29. The van der Waals surface area contributed by atoms with E-state index in [0.717, 1.165) is 93.9 Å². The molecule has 0 saturated heterocycles. The van der Waals surface area contributed by atoms with Crippen molar-refractivity contribution in [2.75, 3.05) is 0 Å². The van der Waals surface area contributed by atoms with Crippen molar-refractivity contribution in [3.8, 4) is 67.5 Å². The molecule has 0 N–H and O–H groups in total. The van der Waals surface area contributed by atoms with Crippen molar-refractivity contribution in [3.05, 3.63) is 188 Å². The van der Waals surface area contributed by atoms with E-state index in [1.54, 1.807) is 0 Å². The monoisotopic (exact) mass is 717 g/mol. The molecule has 0 aliphatic heterocycles. The van der Waals surface area contributed by atoms with Crippen LogP contribution in [-0.2, 0) is 0 Å². The number of nitrogens with zero attached hydrogens (tertiary/aromatic N) is 3. The van der Waals surface area contributed by atoms with Crippen LogP contribution >= 0.6 is 0 Å². The lowest BCUT2D eigenvalue weighted by Gasteiger charge is -2.19. The van der Waals surface area contributed by atoms with Gasteiger partial charge in [0, 0.05) is 43.8 Å². The zero-order valence-electron chi connectivity index (χ0n) is 30.1. The summed E-state index contributed by atoms with van der Waals surface area (Å²) in [5.74, 6) is 1.66. The van der Waals surface area contributed by atoms with Crippen LogP contribution in [0, 0.1) is 0 Å². The SMILES string of the molecule is c1ccc(-c2cc(-c3nc(-c4ccccc4)nc(-c4cccc5c4oc4ccccc45)n3)c(-c3ccccc3)c(-c3cccc4c3oc3ccccc34)c2)cc1. The Bertz CT molecular complexity index is 3240. The van der Waals surface area contributed by atoms with E-state index in [4.69, 9.17) is 23.8 Å². The fourth-order valence-corrected chi connectivity index (χ4v) is 7.96. The van der Waals surface area contributed by atoms with Crippen molar-refractivity contribution in [2.45, 2.75) is 0 Å². The number of rotatable bonds is 6. The van der Waals surface area contributed by atoms with Crippen LogP contribution in [0.4, 0.5) is 0 Å². The summed E-state index contributed by atoms with van der Waals surface area (Å²) in [5, 5.41) is 4.21. The summed E-state index contributed by atoms with van der Waals surface area (Å²) in [7, 11) is 0. The van der Waals surface area contributed by atoms with Crippen LogP contribution in [0.15, 0.2) is 197 Å². The first-order chi connectivity index (χ1) is 27.8. The van der Waals surface area contributed by atoms with Gasteiger partial charge in [-0.3, -0.25) is 0 Å². The molecule has 0 radical (unpaired) electrons. The molecule has 0 fully saturated rings. The zero-order chi connectivity index (χ0) is 37.0. The molecule has 0 aliphatic rings. The molecule has 11 aromatic rings. The molecule has 0 saturated carbocycles. The Labute approximate surface area is 322 Å². The average Bonchev–Trinajstić information content (AvgIpc) is 3.86. The van der Waals surface area contributed by atoms with Crippen molar-refractivity contribution in [2.24, 2.45) is 0 Å². The van der Waals surface area contributed by atoms with Crippen molar-refractivity contribution in [1.82, 2.24) is 15.0 Å². The van der Waals surface area contributed by atoms with Gasteiger partial charge in [-0.2, -0.15) is 0 Å². The minimum absolute atomic E-state index is 0.531. The first-order valence-electron chi connectivity index (χ1n) is 18.7. The molecule has 0 bridgehead atoms. The second kappa shape index (κ2) is 13.0. The predicted octanol–water partition coefficient (Wildman–Crippen LogP) is 13.7. The van der Waals surface area contributed by atoms with Gasteiger partial charge in [0.2, 0.25) is 0 Å². The molecule has 0 unspecified atom stereocenters. The maximum Gasteiger partial charge on any atom is 0.167 e. The predicted molar refractivity (Wildman–Crippen MR) is 227 cm³/mol. The van der Waals surface area contributed by atoms with Crippen LogP contribution in [0.25, 0.3) is 111 Å². The number of furan rings is 2. The highest BCUT2D eigenvalue weighted by molar-refractivity contribution is 6.12. The second-order valence-electron chi connectivity index (χ2n) is 13.9. The molecule has 0 spiro atoms. The molecule has 5 nitrogen and oxygen atoms in total. The smallest absolute Gasteiger partial charge is 0.167 e. The van der Waals surface area contributed by atoms with Gasteiger partial charge in [-0.25, -0.2) is 15.0 Å². The Morgan fingerprint density at radius 2 is 0.732 bits per heavy atom. The summed E-state index contributed by atoms with van der Waals surface area (Å²) < 4.78 is 13.2. The summed E-state index contributed by atoms with van der Waals surface area (Å²) in [6.07, 6.45) is 0. The highest BCUT2D eigenvalue weighted by atomic mass is 16.3. The van der Waals surface area contributed by atoms with E-state index < -0.39 is 0 Å². The number of hydrogen-bond donors (Lipinski definition) is 0. The number of benzene rings is 8. The van der Waals surface area contributed by atoms with Gasteiger partial charge in [0.05, 0.1) is 5.56 Å². The molecule has 5 heteroatoms. The lowest BCUT2D eigenvalue weighted by atomic mass is 9.86. The molecule has 3 heterocycles. The number of aromatic nitrogens is 3. The van der Waals surface area contributed by atoms with Gasteiger partial charge in [0.15, 0.2) is 17.5 Å². The van der Waals surface area contributed by atoms with Crippen LogP contribution in [0.2, 0.25) is 0 Å². The molecule has 3 aromatic heterocycles. The summed E-state index contributed by atoms with van der Waals surface area (Å²) in [5.41, 5.74) is 12.0. The van der Waals surface area contributed by atoms with E-state index in [-0.39, 0.29) is 0 Å². The minimum Gasteiger partial charge on any atom is -0.455 e. The van der Waals surface area contributed by atoms with Gasteiger partial charge >= 0.3 is 0 Å². The summed E-state index contributed by atoms with van der Waals surface area (Å²) in [4.78, 5) is 15.8. The Hall–Kier alpha value is -7.63. The van der Waals surface area contributed by atoms with E-state index in [1.807, 2.05) is 84.9 Å². The largest absolute Gasteiger partial charge is 0.455 e. The van der Waals surface area contributed by atoms with Crippen molar-refractivity contribution in [1.29, 1.82) is 0 Å². The molecule has 0 atom stereocenters. The van der Waals surface area contributed by atoms with Gasteiger partial charge in [0.1, 0.15) is 22.3 Å². The third-order valence-electron chi connectivity index (χ3n) is 10.6. The van der Waals surface area contributed by atoms with Gasteiger partial charge in [0.25, 0.3) is 0 Å². The average molecular weight is 718 g/mol. The first-order valence-corrected chi connectivity index (χ1v) is 18.7. The maximum absolute atomic E-state index is 6.69. The van der Waals surface area contributed by atoms with E-state index >= 15 is 0 Å². The Balaban J connectivity index is 1.26. The van der Waals surface area contributed by atoms with Gasteiger partial charge in [-0.1, -0.05) is 158 Å². The van der Waals surface area contributed by atoms with E-state index in [0.29, 0.717) is 17.5 Å². The van der Waals surface area contributed by atoms with Crippen LogP contribution in [0.3, 0.4) is 0 Å². The van der Waals surface area contributed by atoms with Crippen molar-refractivity contribution < 1.29 is 8.83 Å². The first kappa shape index (κ1) is 31.9. The van der Waals surface area contributed by atoms with E-state index in [9.17, 15) is 0 Å². The molecule has 11 rings (SSSR count). The number of fused-ring (bicyclic) bond motifs is 6. The molecule has 0 amide bonds. The lowest BCUT2D eigenvalue weighted by molar-refractivity contribution is 0.669. The second-order valence-corrected chi connectivity index (χ2v) is 13.9. The Kier molecular flexibility index (Phi) is 7.42. The van der Waals surface area contributed by atoms with Crippen LogP contribution < -0.4 is 0 Å². The molecular weight excluding hydrogens is 687 g/mol. The fraction of sp³-hybridized carbons (Fsp3) is 0.